The maximum Gasteiger partial charge on any atom is 0.236 e. The topological polar surface area (TPSA) is 71.2 Å². The predicted octanol–water partition coefficient (Wildman–Crippen LogP) is 1.22. The van der Waals surface area contributed by atoms with Crippen LogP contribution in [0.15, 0.2) is 18.2 Å². The van der Waals surface area contributed by atoms with Gasteiger partial charge in [-0.05, 0) is 18.6 Å². The summed E-state index contributed by atoms with van der Waals surface area (Å²) >= 11 is 0. The Kier molecular flexibility index (Phi) is 5.26. The van der Waals surface area contributed by atoms with Gasteiger partial charge in [0.25, 0.3) is 0 Å². The van der Waals surface area contributed by atoms with E-state index in [2.05, 4.69) is 17.2 Å². The van der Waals surface area contributed by atoms with E-state index < -0.39 is 0 Å². The summed E-state index contributed by atoms with van der Waals surface area (Å²) in [5.41, 5.74) is 5.25. The molecule has 0 radical (unpaired) electrons. The fourth-order valence-corrected chi connectivity index (χ4v) is 1.55. The largest absolute Gasteiger partial charge is 0.373 e. The number of hydrogen-bond acceptors (Lipinski definition) is 4. The molecule has 0 saturated heterocycles. The van der Waals surface area contributed by atoms with E-state index in [0.717, 1.165) is 31.0 Å². The van der Waals surface area contributed by atoms with Gasteiger partial charge in [-0.25, -0.2) is 4.98 Å². The molecule has 94 valence electrons. The molecule has 0 atom stereocenters. The van der Waals surface area contributed by atoms with Gasteiger partial charge in [-0.2, -0.15) is 0 Å². The molecule has 1 aromatic heterocycles. The van der Waals surface area contributed by atoms with Crippen LogP contribution < -0.4 is 16.0 Å². The molecule has 0 bridgehead atoms. The van der Waals surface area contributed by atoms with Crippen LogP contribution in [0.4, 0.5) is 11.6 Å². The number of nitrogens with one attached hydrogen (secondary N) is 1. The summed E-state index contributed by atoms with van der Waals surface area (Å²) in [5, 5.41) is 2.98. The van der Waals surface area contributed by atoms with Gasteiger partial charge < -0.3 is 16.0 Å². The van der Waals surface area contributed by atoms with Gasteiger partial charge in [0.2, 0.25) is 5.91 Å². The molecule has 0 saturated carbocycles. The third kappa shape index (κ3) is 4.30. The molecule has 1 amide bonds. The van der Waals surface area contributed by atoms with Crippen molar-refractivity contribution >= 4 is 17.5 Å². The standard InChI is InChI=1S/C12H20N4O/c1-3-4-8-16(9-10(13)17)12-7-5-6-11(14-2)15-12/h5-7H,3-4,8-9H2,1-2H3,(H2,13,17)(H,14,15). The Morgan fingerprint density at radius 2 is 2.29 bits per heavy atom. The predicted molar refractivity (Wildman–Crippen MR) is 70.1 cm³/mol. The van der Waals surface area contributed by atoms with Crippen LogP contribution in [0.2, 0.25) is 0 Å². The van der Waals surface area contributed by atoms with Gasteiger partial charge in [0.05, 0.1) is 6.54 Å². The molecule has 1 heterocycles. The zero-order chi connectivity index (χ0) is 12.7. The summed E-state index contributed by atoms with van der Waals surface area (Å²) in [6.45, 7) is 3.11. The molecule has 0 unspecified atom stereocenters. The third-order valence-corrected chi connectivity index (χ3v) is 2.44. The quantitative estimate of drug-likeness (QED) is 0.746. The molecule has 0 aliphatic rings. The van der Waals surface area contributed by atoms with E-state index in [9.17, 15) is 4.79 Å². The number of carbonyl (C=O) groups is 1. The molecule has 0 spiro atoms. The Hall–Kier alpha value is -1.78. The van der Waals surface area contributed by atoms with Crippen LogP contribution in [-0.4, -0.2) is 31.0 Å². The maximum absolute atomic E-state index is 11.0. The Labute approximate surface area is 102 Å². The first-order chi connectivity index (χ1) is 8.17. The lowest BCUT2D eigenvalue weighted by molar-refractivity contribution is -0.116. The van der Waals surface area contributed by atoms with Crippen molar-refractivity contribution in [2.75, 3.05) is 30.4 Å². The minimum atomic E-state index is -0.335. The van der Waals surface area contributed by atoms with Crippen LogP contribution in [0.5, 0.6) is 0 Å². The van der Waals surface area contributed by atoms with Gasteiger partial charge in [-0.3, -0.25) is 4.79 Å². The van der Waals surface area contributed by atoms with Gasteiger partial charge >= 0.3 is 0 Å². The van der Waals surface area contributed by atoms with Crippen LogP contribution in [0, 0.1) is 0 Å². The van der Waals surface area contributed by atoms with E-state index in [1.807, 2.05) is 30.1 Å². The van der Waals surface area contributed by atoms with Crippen LogP contribution in [0.3, 0.4) is 0 Å². The maximum atomic E-state index is 11.0. The molecule has 1 rings (SSSR count). The summed E-state index contributed by atoms with van der Waals surface area (Å²) in [6.07, 6.45) is 2.08. The second kappa shape index (κ2) is 6.73. The third-order valence-electron chi connectivity index (χ3n) is 2.44. The summed E-state index contributed by atoms with van der Waals surface area (Å²) in [4.78, 5) is 17.4. The van der Waals surface area contributed by atoms with Gasteiger partial charge in [-0.15, -0.1) is 0 Å². The number of unbranched alkanes of at least 4 members (excludes halogenated alkanes) is 1. The van der Waals surface area contributed by atoms with E-state index in [4.69, 9.17) is 5.73 Å². The minimum absolute atomic E-state index is 0.208. The van der Waals surface area contributed by atoms with E-state index >= 15 is 0 Å². The smallest absolute Gasteiger partial charge is 0.236 e. The van der Waals surface area contributed by atoms with Crippen molar-refractivity contribution in [3.05, 3.63) is 18.2 Å². The number of pyridine rings is 1. The van der Waals surface area contributed by atoms with Crippen molar-refractivity contribution in [1.82, 2.24) is 4.98 Å². The Morgan fingerprint density at radius 1 is 1.53 bits per heavy atom. The molecule has 0 aliphatic heterocycles. The molecule has 17 heavy (non-hydrogen) atoms. The van der Waals surface area contributed by atoms with Crippen molar-refractivity contribution in [1.29, 1.82) is 0 Å². The fraction of sp³-hybridized carbons (Fsp3) is 0.500. The minimum Gasteiger partial charge on any atom is -0.373 e. The highest BCUT2D eigenvalue weighted by atomic mass is 16.1. The molecule has 1 aromatic rings. The number of hydrogen-bond donors (Lipinski definition) is 2. The first-order valence-electron chi connectivity index (χ1n) is 5.85. The number of anilines is 2. The molecule has 0 aromatic carbocycles. The second-order valence-corrected chi connectivity index (χ2v) is 3.87. The Morgan fingerprint density at radius 3 is 2.88 bits per heavy atom. The molecule has 0 aliphatic carbocycles. The van der Waals surface area contributed by atoms with E-state index in [0.29, 0.717) is 0 Å². The second-order valence-electron chi connectivity index (χ2n) is 3.87. The average Bonchev–Trinajstić information content (AvgIpc) is 2.34. The van der Waals surface area contributed by atoms with Crippen molar-refractivity contribution in [3.8, 4) is 0 Å². The summed E-state index contributed by atoms with van der Waals surface area (Å²) in [5.74, 6) is 1.23. The fourth-order valence-electron chi connectivity index (χ4n) is 1.55. The molecule has 5 heteroatoms. The zero-order valence-electron chi connectivity index (χ0n) is 10.4. The first kappa shape index (κ1) is 13.3. The lowest BCUT2D eigenvalue weighted by Gasteiger charge is -2.22. The molecular weight excluding hydrogens is 216 g/mol. The number of carbonyl (C=O) groups excluding carboxylic acids is 1. The van der Waals surface area contributed by atoms with Gasteiger partial charge in [0.15, 0.2) is 0 Å². The summed E-state index contributed by atoms with van der Waals surface area (Å²) in [6, 6.07) is 5.68. The van der Waals surface area contributed by atoms with Crippen molar-refractivity contribution in [3.63, 3.8) is 0 Å². The highest BCUT2D eigenvalue weighted by molar-refractivity contribution is 5.79. The Bertz CT molecular complexity index is 367. The lowest BCUT2D eigenvalue weighted by Crippen LogP contribution is -2.35. The van der Waals surface area contributed by atoms with Gasteiger partial charge in [0, 0.05) is 13.6 Å². The zero-order valence-corrected chi connectivity index (χ0v) is 10.4. The molecule has 5 nitrogen and oxygen atoms in total. The van der Waals surface area contributed by atoms with Crippen molar-refractivity contribution < 1.29 is 4.79 Å². The molecule has 0 fully saturated rings. The number of primary amides is 1. The average molecular weight is 236 g/mol. The van der Waals surface area contributed by atoms with E-state index in [1.54, 1.807) is 0 Å². The van der Waals surface area contributed by atoms with Crippen molar-refractivity contribution in [2.45, 2.75) is 19.8 Å². The monoisotopic (exact) mass is 236 g/mol. The number of rotatable bonds is 7. The lowest BCUT2D eigenvalue weighted by atomic mass is 10.3. The van der Waals surface area contributed by atoms with Gasteiger partial charge in [0.1, 0.15) is 11.6 Å². The van der Waals surface area contributed by atoms with E-state index in [-0.39, 0.29) is 12.5 Å². The van der Waals surface area contributed by atoms with Crippen molar-refractivity contribution in [2.24, 2.45) is 5.73 Å². The van der Waals surface area contributed by atoms with Gasteiger partial charge in [-0.1, -0.05) is 19.4 Å². The highest BCUT2D eigenvalue weighted by Gasteiger charge is 2.10. The molecule has 3 N–H and O–H groups in total. The summed E-state index contributed by atoms with van der Waals surface area (Å²) < 4.78 is 0. The van der Waals surface area contributed by atoms with Crippen LogP contribution in [-0.2, 0) is 4.79 Å². The molecular formula is C12H20N4O. The number of aromatic nitrogens is 1. The SMILES string of the molecule is CCCCN(CC(N)=O)c1cccc(NC)n1. The van der Waals surface area contributed by atoms with Crippen LogP contribution in [0.1, 0.15) is 19.8 Å². The summed E-state index contributed by atoms with van der Waals surface area (Å²) in [7, 11) is 1.82. The normalized spacial score (nSPS) is 10.0. The van der Waals surface area contributed by atoms with Crippen LogP contribution >= 0.6 is 0 Å². The Balaban J connectivity index is 2.82. The number of amides is 1. The number of nitrogens with zero attached hydrogens (tertiary/aromatic N) is 2. The number of nitrogens with two attached hydrogens (primary N) is 1. The highest BCUT2D eigenvalue weighted by Crippen LogP contribution is 2.14. The van der Waals surface area contributed by atoms with E-state index in [1.165, 1.54) is 0 Å². The first-order valence-corrected chi connectivity index (χ1v) is 5.85. The van der Waals surface area contributed by atoms with Crippen LogP contribution in [0.25, 0.3) is 0 Å².